The predicted molar refractivity (Wildman–Crippen MR) is 142 cm³/mol. The van der Waals surface area contributed by atoms with Crippen LogP contribution in [0.3, 0.4) is 0 Å². The summed E-state index contributed by atoms with van der Waals surface area (Å²) in [6.07, 6.45) is 3.01. The van der Waals surface area contributed by atoms with E-state index in [1.54, 1.807) is 39.7 Å². The highest BCUT2D eigenvalue weighted by molar-refractivity contribution is 5.93. The van der Waals surface area contributed by atoms with Crippen molar-refractivity contribution in [1.29, 1.82) is 0 Å². The number of aromatic nitrogens is 3. The Kier molecular flexibility index (Phi) is 5.46. The lowest BCUT2D eigenvalue weighted by atomic mass is 9.92. The van der Waals surface area contributed by atoms with Gasteiger partial charge in [0.2, 0.25) is 0 Å². The third-order valence-corrected chi connectivity index (χ3v) is 8.24. The number of halogens is 2. The van der Waals surface area contributed by atoms with Gasteiger partial charge in [0.25, 0.3) is 5.91 Å². The average Bonchev–Trinajstić information content (AvgIpc) is 3.44. The molecule has 1 amide bonds. The van der Waals surface area contributed by atoms with Crippen LogP contribution in [0.15, 0.2) is 54.6 Å². The topological polar surface area (TPSA) is 53.7 Å². The van der Waals surface area contributed by atoms with E-state index in [0.29, 0.717) is 22.5 Å². The summed E-state index contributed by atoms with van der Waals surface area (Å²) in [6.45, 7) is 3.81. The third kappa shape index (κ3) is 3.85. The molecule has 8 heteroatoms. The largest absolute Gasteiger partial charge is 0.371 e. The Labute approximate surface area is 219 Å². The van der Waals surface area contributed by atoms with E-state index in [1.165, 1.54) is 0 Å². The molecule has 4 aromatic rings. The van der Waals surface area contributed by atoms with Crippen LogP contribution < -0.4 is 4.90 Å². The van der Waals surface area contributed by atoms with Crippen molar-refractivity contribution >= 4 is 17.2 Å². The molecule has 0 spiro atoms. The summed E-state index contributed by atoms with van der Waals surface area (Å²) in [6, 6.07) is 15.9. The molecule has 194 valence electrons. The summed E-state index contributed by atoms with van der Waals surface area (Å²) in [5, 5.41) is 4.72. The summed E-state index contributed by atoms with van der Waals surface area (Å²) < 4.78 is 32.0. The Morgan fingerprint density at radius 1 is 1.00 bits per heavy atom. The average molecular weight is 514 g/mol. The molecule has 0 radical (unpaired) electrons. The molecule has 3 aliphatic rings. The first-order chi connectivity index (χ1) is 18.5. The summed E-state index contributed by atoms with van der Waals surface area (Å²) in [5.74, 6) is -0.351. The van der Waals surface area contributed by atoms with E-state index in [4.69, 9.17) is 5.10 Å². The lowest BCUT2D eigenvalue weighted by molar-refractivity contribution is 0.0585. The number of nitrogens with zero attached hydrogens (tertiary/aromatic N) is 5. The second kappa shape index (κ2) is 8.89. The normalized spacial score (nSPS) is 21.2. The quantitative estimate of drug-likeness (QED) is 0.324. The monoisotopic (exact) mass is 513 g/mol. The van der Waals surface area contributed by atoms with Crippen LogP contribution in [-0.4, -0.2) is 45.0 Å². The zero-order valence-corrected chi connectivity index (χ0v) is 21.3. The fourth-order valence-electron chi connectivity index (χ4n) is 5.97. The number of amides is 1. The first-order valence-electron chi connectivity index (χ1n) is 13.5. The number of rotatable bonds is 4. The minimum Gasteiger partial charge on any atom is -0.371 e. The van der Waals surface area contributed by atoms with Crippen molar-refractivity contribution in [3.63, 3.8) is 0 Å². The summed E-state index contributed by atoms with van der Waals surface area (Å²) in [5.41, 5.74) is 4.91. The minimum atomic E-state index is -1.24. The van der Waals surface area contributed by atoms with Gasteiger partial charge < -0.3 is 9.80 Å². The van der Waals surface area contributed by atoms with Gasteiger partial charge in [-0.3, -0.25) is 4.79 Å². The van der Waals surface area contributed by atoms with E-state index in [9.17, 15) is 4.79 Å². The second-order valence-corrected chi connectivity index (χ2v) is 10.7. The highest BCUT2D eigenvalue weighted by atomic mass is 19.1. The predicted octanol–water partition coefficient (Wildman–Crippen LogP) is 6.24. The minimum absolute atomic E-state index is 0.0122. The van der Waals surface area contributed by atoms with Crippen LogP contribution in [0.2, 0.25) is 0 Å². The number of hydrogen-bond donors (Lipinski definition) is 0. The molecule has 2 aromatic carbocycles. The summed E-state index contributed by atoms with van der Waals surface area (Å²) in [4.78, 5) is 22.1. The lowest BCUT2D eigenvalue weighted by Gasteiger charge is -2.36. The van der Waals surface area contributed by atoms with Gasteiger partial charge in [0.1, 0.15) is 17.7 Å². The fourth-order valence-corrected chi connectivity index (χ4v) is 5.97. The third-order valence-electron chi connectivity index (χ3n) is 8.24. The van der Waals surface area contributed by atoms with Crippen molar-refractivity contribution in [3.05, 3.63) is 82.9 Å². The standard InChI is InChI=1S/C30H29F2N5O/c1-18-21-6-2-3-7-22(21)25(32)17-36(18)30(38)27-15-28(19-8-9-19)37-29(33-27)16-26(34-37)23-11-10-20(14-24(23)31)35-12-4-5-13-35/h2-3,6-7,10-11,14-16,18-19,25H,4-5,8-9,12-13,17H2,1H3. The zero-order chi connectivity index (χ0) is 26.0. The van der Waals surface area contributed by atoms with Crippen LogP contribution in [0, 0.1) is 5.82 Å². The van der Waals surface area contributed by atoms with Gasteiger partial charge in [-0.15, -0.1) is 0 Å². The van der Waals surface area contributed by atoms with E-state index in [2.05, 4.69) is 9.88 Å². The van der Waals surface area contributed by atoms with Crippen molar-refractivity contribution in [3.8, 4) is 11.3 Å². The summed E-state index contributed by atoms with van der Waals surface area (Å²) in [7, 11) is 0. The number of carbonyl (C=O) groups is 1. The van der Waals surface area contributed by atoms with E-state index in [-0.39, 0.29) is 35.9 Å². The molecule has 1 saturated heterocycles. The number of anilines is 1. The molecule has 6 nitrogen and oxygen atoms in total. The molecule has 38 heavy (non-hydrogen) atoms. The van der Waals surface area contributed by atoms with Gasteiger partial charge in [-0.1, -0.05) is 24.3 Å². The molecule has 2 unspecified atom stereocenters. The molecule has 2 aliphatic heterocycles. The molecule has 1 aliphatic carbocycles. The Hall–Kier alpha value is -3.81. The molecule has 2 aromatic heterocycles. The maximum Gasteiger partial charge on any atom is 0.273 e. The smallest absolute Gasteiger partial charge is 0.273 e. The van der Waals surface area contributed by atoms with Crippen LogP contribution in [-0.2, 0) is 0 Å². The Balaban J connectivity index is 1.25. The fraction of sp³-hybridized carbons (Fsp3) is 0.367. The molecule has 0 bridgehead atoms. The van der Waals surface area contributed by atoms with Crippen molar-refractivity contribution < 1.29 is 13.6 Å². The zero-order valence-electron chi connectivity index (χ0n) is 21.3. The number of hydrogen-bond acceptors (Lipinski definition) is 4. The van der Waals surface area contributed by atoms with Crippen molar-refractivity contribution in [2.24, 2.45) is 0 Å². The Bertz CT molecular complexity index is 1560. The Morgan fingerprint density at radius 3 is 2.50 bits per heavy atom. The highest BCUT2D eigenvalue weighted by Gasteiger charge is 2.36. The van der Waals surface area contributed by atoms with Crippen LogP contribution in [0.25, 0.3) is 16.9 Å². The molecule has 1 saturated carbocycles. The van der Waals surface area contributed by atoms with Gasteiger partial charge in [-0.25, -0.2) is 18.3 Å². The van der Waals surface area contributed by atoms with E-state index < -0.39 is 6.17 Å². The van der Waals surface area contributed by atoms with Crippen LogP contribution in [0.4, 0.5) is 14.5 Å². The van der Waals surface area contributed by atoms with Crippen LogP contribution >= 0.6 is 0 Å². The maximum absolute atomic E-state index is 15.2. The molecular formula is C30H29F2N5O. The summed E-state index contributed by atoms with van der Waals surface area (Å²) >= 11 is 0. The first-order valence-corrected chi connectivity index (χ1v) is 13.5. The number of benzene rings is 2. The Morgan fingerprint density at radius 2 is 1.76 bits per heavy atom. The molecule has 2 fully saturated rings. The SMILES string of the molecule is CC1c2ccccc2C(F)CN1C(=O)c1cc(C2CC2)n2nc(-c3ccc(N4CCCC4)cc3F)cc2n1. The molecular weight excluding hydrogens is 484 g/mol. The van der Waals surface area contributed by atoms with E-state index >= 15 is 8.78 Å². The van der Waals surface area contributed by atoms with Crippen molar-refractivity contribution in [2.75, 3.05) is 24.5 Å². The van der Waals surface area contributed by atoms with Crippen molar-refractivity contribution in [2.45, 2.75) is 50.7 Å². The van der Waals surface area contributed by atoms with Crippen LogP contribution in [0.5, 0.6) is 0 Å². The van der Waals surface area contributed by atoms with Crippen molar-refractivity contribution in [1.82, 2.24) is 19.5 Å². The van der Waals surface area contributed by atoms with E-state index in [1.807, 2.05) is 31.2 Å². The lowest BCUT2D eigenvalue weighted by Crippen LogP contribution is -2.40. The van der Waals surface area contributed by atoms with Gasteiger partial charge in [0.15, 0.2) is 5.65 Å². The number of carbonyl (C=O) groups excluding carboxylic acids is 1. The number of fused-ring (bicyclic) bond motifs is 2. The number of alkyl halides is 1. The first kappa shape index (κ1) is 23.3. The van der Waals surface area contributed by atoms with Gasteiger partial charge >= 0.3 is 0 Å². The second-order valence-electron chi connectivity index (χ2n) is 10.7. The molecule has 7 rings (SSSR count). The highest BCUT2D eigenvalue weighted by Crippen LogP contribution is 2.42. The van der Waals surface area contributed by atoms with Gasteiger partial charge in [-0.05, 0) is 68.0 Å². The molecule has 2 atom stereocenters. The molecule has 0 N–H and O–H groups in total. The van der Waals surface area contributed by atoms with E-state index in [0.717, 1.165) is 55.7 Å². The van der Waals surface area contributed by atoms with Gasteiger partial charge in [0, 0.05) is 42.0 Å². The van der Waals surface area contributed by atoms with Gasteiger partial charge in [0.05, 0.1) is 18.3 Å². The molecule has 4 heterocycles. The van der Waals surface area contributed by atoms with Gasteiger partial charge in [-0.2, -0.15) is 5.10 Å². The van der Waals surface area contributed by atoms with Crippen LogP contribution in [0.1, 0.15) is 78.0 Å². The maximum atomic E-state index is 15.2.